The Kier molecular flexibility index (Phi) is 5.91. The number of aromatic carboxylic acids is 1. The minimum atomic E-state index is -1.08. The average molecular weight is 475 g/mol. The molecular weight excluding hydrogens is 456 g/mol. The Morgan fingerprint density at radius 1 is 1.28 bits per heavy atom. The van der Waals surface area contributed by atoms with Crippen molar-refractivity contribution < 1.29 is 14.6 Å². The van der Waals surface area contributed by atoms with E-state index >= 15 is 0 Å². The number of carboxylic acids is 1. The minimum Gasteiger partial charge on any atom is -0.478 e. The fourth-order valence-corrected chi connectivity index (χ4v) is 4.49. The van der Waals surface area contributed by atoms with E-state index in [1.54, 1.807) is 30.1 Å². The standard InChI is InChI=1S/C20H19BrN4O3S/c21-12-4-5-15-13(10-12)19(17(11-23-15)29-25-6-8-28-9-7-25)24-16-3-1-2-14(22)18(16)20(26)27/h1-5,10-11H,6-9,22H2,(H,23,24)(H,26,27). The minimum absolute atomic E-state index is 0.0507. The van der Waals surface area contributed by atoms with Crippen LogP contribution in [-0.4, -0.2) is 46.7 Å². The number of ether oxygens (including phenoxy) is 1. The van der Waals surface area contributed by atoms with Crippen molar-refractivity contribution in [2.24, 2.45) is 0 Å². The number of hydrogen-bond acceptors (Lipinski definition) is 7. The SMILES string of the molecule is Nc1cccc(Nc2c(SN3CCOCC3)cnc3ccc(Br)cc23)c1C(=O)O. The first-order valence-electron chi connectivity index (χ1n) is 9.00. The Morgan fingerprint density at radius 2 is 2.07 bits per heavy atom. The fourth-order valence-electron chi connectivity index (χ4n) is 3.17. The number of aromatic nitrogens is 1. The van der Waals surface area contributed by atoms with E-state index in [9.17, 15) is 9.90 Å². The highest BCUT2D eigenvalue weighted by atomic mass is 79.9. The van der Waals surface area contributed by atoms with Crippen molar-refractivity contribution in [3.05, 3.63) is 52.6 Å². The van der Waals surface area contributed by atoms with E-state index in [4.69, 9.17) is 10.5 Å². The van der Waals surface area contributed by atoms with Gasteiger partial charge in [0.25, 0.3) is 0 Å². The first-order chi connectivity index (χ1) is 14.0. The summed E-state index contributed by atoms with van der Waals surface area (Å²) in [6, 6.07) is 10.9. The van der Waals surface area contributed by atoms with Gasteiger partial charge < -0.3 is 20.9 Å². The van der Waals surface area contributed by atoms with Gasteiger partial charge in [0.05, 0.1) is 35.0 Å². The molecule has 0 bridgehead atoms. The molecule has 9 heteroatoms. The Bertz CT molecular complexity index is 1070. The van der Waals surface area contributed by atoms with Crippen molar-refractivity contribution in [2.75, 3.05) is 37.4 Å². The van der Waals surface area contributed by atoms with Gasteiger partial charge in [-0.2, -0.15) is 0 Å². The van der Waals surface area contributed by atoms with E-state index in [1.807, 2.05) is 24.4 Å². The van der Waals surface area contributed by atoms with Crippen LogP contribution < -0.4 is 11.1 Å². The summed E-state index contributed by atoms with van der Waals surface area (Å²) in [6.07, 6.45) is 1.81. The quantitative estimate of drug-likeness (QED) is 0.370. The van der Waals surface area contributed by atoms with Gasteiger partial charge in [0.15, 0.2) is 0 Å². The molecule has 2 heterocycles. The van der Waals surface area contributed by atoms with Gasteiger partial charge in [-0.1, -0.05) is 22.0 Å². The number of pyridine rings is 1. The first-order valence-corrected chi connectivity index (χ1v) is 10.6. The Hall–Kier alpha value is -2.33. The van der Waals surface area contributed by atoms with Crippen LogP contribution in [0.5, 0.6) is 0 Å². The maximum Gasteiger partial charge on any atom is 0.339 e. The Morgan fingerprint density at radius 3 is 2.83 bits per heavy atom. The van der Waals surface area contributed by atoms with E-state index in [2.05, 4.69) is 30.5 Å². The zero-order valence-electron chi connectivity index (χ0n) is 15.4. The number of rotatable bonds is 5. The van der Waals surface area contributed by atoms with Crippen LogP contribution in [0.1, 0.15) is 10.4 Å². The second-order valence-electron chi connectivity index (χ2n) is 6.49. The lowest BCUT2D eigenvalue weighted by Gasteiger charge is -2.26. The van der Waals surface area contributed by atoms with Gasteiger partial charge in [-0.15, -0.1) is 0 Å². The lowest BCUT2D eigenvalue weighted by atomic mass is 10.1. The Balaban J connectivity index is 1.82. The Labute approximate surface area is 180 Å². The molecule has 1 aliphatic heterocycles. The summed E-state index contributed by atoms with van der Waals surface area (Å²) in [5, 5.41) is 13.9. The molecule has 150 valence electrons. The number of nitrogen functional groups attached to an aromatic ring is 1. The molecule has 0 radical (unpaired) electrons. The summed E-state index contributed by atoms with van der Waals surface area (Å²) in [6.45, 7) is 2.97. The molecule has 2 aromatic carbocycles. The number of nitrogens with zero attached hydrogens (tertiary/aromatic N) is 2. The summed E-state index contributed by atoms with van der Waals surface area (Å²) < 4.78 is 8.56. The normalized spacial score (nSPS) is 14.8. The van der Waals surface area contributed by atoms with E-state index in [1.165, 1.54) is 0 Å². The summed E-state index contributed by atoms with van der Waals surface area (Å²) >= 11 is 5.10. The third kappa shape index (κ3) is 4.32. The molecule has 1 aromatic heterocycles. The van der Waals surface area contributed by atoms with Gasteiger partial charge in [-0.3, -0.25) is 4.98 Å². The number of morpholine rings is 1. The third-order valence-corrected chi connectivity index (χ3v) is 6.19. The van der Waals surface area contributed by atoms with E-state index in [0.29, 0.717) is 18.9 Å². The van der Waals surface area contributed by atoms with E-state index in [0.717, 1.165) is 39.0 Å². The van der Waals surface area contributed by atoms with Crippen molar-refractivity contribution in [2.45, 2.75) is 4.90 Å². The third-order valence-electron chi connectivity index (χ3n) is 4.56. The van der Waals surface area contributed by atoms with Crippen LogP contribution in [0.25, 0.3) is 10.9 Å². The van der Waals surface area contributed by atoms with Crippen molar-refractivity contribution in [1.29, 1.82) is 0 Å². The zero-order valence-corrected chi connectivity index (χ0v) is 17.8. The highest BCUT2D eigenvalue weighted by molar-refractivity contribution is 9.10. The van der Waals surface area contributed by atoms with Crippen LogP contribution in [-0.2, 0) is 4.74 Å². The van der Waals surface area contributed by atoms with Crippen molar-refractivity contribution in [3.63, 3.8) is 0 Å². The molecule has 0 spiro atoms. The summed E-state index contributed by atoms with van der Waals surface area (Å²) in [5.74, 6) is -1.08. The van der Waals surface area contributed by atoms with Crippen LogP contribution in [0.2, 0.25) is 0 Å². The number of nitrogens with one attached hydrogen (secondary N) is 1. The molecule has 29 heavy (non-hydrogen) atoms. The number of anilines is 3. The van der Waals surface area contributed by atoms with Crippen molar-refractivity contribution in [3.8, 4) is 0 Å². The predicted molar refractivity (Wildman–Crippen MR) is 119 cm³/mol. The first kappa shape index (κ1) is 20.0. The number of halogens is 1. The second-order valence-corrected chi connectivity index (χ2v) is 8.55. The molecule has 1 saturated heterocycles. The summed E-state index contributed by atoms with van der Waals surface area (Å²) in [7, 11) is 0. The maximum atomic E-state index is 11.8. The molecule has 1 fully saturated rings. The molecular formula is C20H19BrN4O3S. The maximum absolute atomic E-state index is 11.8. The molecule has 0 unspecified atom stereocenters. The monoisotopic (exact) mass is 474 g/mol. The number of fused-ring (bicyclic) bond motifs is 1. The second kappa shape index (κ2) is 8.58. The molecule has 4 N–H and O–H groups in total. The topological polar surface area (TPSA) is 101 Å². The van der Waals surface area contributed by atoms with Crippen LogP contribution in [0.3, 0.4) is 0 Å². The molecule has 0 aliphatic carbocycles. The molecule has 0 amide bonds. The number of nitrogens with two attached hydrogens (primary N) is 1. The number of hydrogen-bond donors (Lipinski definition) is 3. The van der Waals surface area contributed by atoms with Gasteiger partial charge in [-0.05, 0) is 42.3 Å². The average Bonchev–Trinajstić information content (AvgIpc) is 2.70. The van der Waals surface area contributed by atoms with Crippen LogP contribution in [0.15, 0.2) is 52.0 Å². The van der Waals surface area contributed by atoms with Gasteiger partial charge in [0.1, 0.15) is 5.56 Å². The van der Waals surface area contributed by atoms with E-state index < -0.39 is 5.97 Å². The van der Waals surface area contributed by atoms with Gasteiger partial charge in [-0.25, -0.2) is 9.10 Å². The molecule has 0 saturated carbocycles. The predicted octanol–water partition coefficient (Wildman–Crippen LogP) is 4.36. The van der Waals surface area contributed by atoms with E-state index in [-0.39, 0.29) is 11.3 Å². The van der Waals surface area contributed by atoms with Crippen molar-refractivity contribution in [1.82, 2.24) is 9.29 Å². The summed E-state index contributed by atoms with van der Waals surface area (Å²) in [4.78, 5) is 17.3. The molecule has 1 aliphatic rings. The number of benzene rings is 2. The number of carboxylic acid groups (broad SMARTS) is 1. The lowest BCUT2D eigenvalue weighted by molar-refractivity contribution is 0.0699. The van der Waals surface area contributed by atoms with Crippen LogP contribution >= 0.6 is 27.9 Å². The van der Waals surface area contributed by atoms with Gasteiger partial charge in [0, 0.05) is 34.8 Å². The van der Waals surface area contributed by atoms with Gasteiger partial charge in [0.2, 0.25) is 0 Å². The molecule has 4 rings (SSSR count). The molecule has 3 aromatic rings. The highest BCUT2D eigenvalue weighted by Crippen LogP contribution is 2.39. The molecule has 0 atom stereocenters. The smallest absolute Gasteiger partial charge is 0.339 e. The highest BCUT2D eigenvalue weighted by Gasteiger charge is 2.19. The zero-order chi connectivity index (χ0) is 20.4. The fraction of sp³-hybridized carbons (Fsp3) is 0.200. The van der Waals surface area contributed by atoms with Crippen molar-refractivity contribution >= 4 is 61.8 Å². The van der Waals surface area contributed by atoms with Crippen LogP contribution in [0, 0.1) is 0 Å². The summed E-state index contributed by atoms with van der Waals surface area (Å²) in [5.41, 5.74) is 8.23. The molecule has 7 nitrogen and oxygen atoms in total. The number of carbonyl (C=O) groups is 1. The van der Waals surface area contributed by atoms with Crippen LogP contribution in [0.4, 0.5) is 17.1 Å². The van der Waals surface area contributed by atoms with Gasteiger partial charge >= 0.3 is 5.97 Å². The largest absolute Gasteiger partial charge is 0.478 e. The lowest BCUT2D eigenvalue weighted by Crippen LogP contribution is -2.31.